The lowest BCUT2D eigenvalue weighted by Gasteiger charge is -2.39. The number of esters is 6. The molecule has 2 aromatic rings. The molecule has 132 heavy (non-hydrogen) atoms. The van der Waals surface area contributed by atoms with E-state index in [4.69, 9.17) is 91.8 Å². The smallest absolute Gasteiger partial charge is 0.309 e. The number of phenolic OH excluding ortho intramolecular Hbond substituents is 1. The summed E-state index contributed by atoms with van der Waals surface area (Å²) < 4.78 is 73.8. The van der Waals surface area contributed by atoms with Crippen LogP contribution in [0.15, 0.2) is 29.6 Å². The summed E-state index contributed by atoms with van der Waals surface area (Å²) in [6.07, 6.45) is 1.68. The van der Waals surface area contributed by atoms with Gasteiger partial charge in [-0.1, -0.05) is 94.2 Å². The Kier molecular flexibility index (Phi) is 69.9. The topological polar surface area (TPSA) is 543 Å². The fraction of sp³-hybridized carbons (Fsp3) is 0.767. The molecule has 760 valence electrons. The Labute approximate surface area is 787 Å². The Balaban J connectivity index is 0.00000263. The monoisotopic (exact) mass is 1930 g/mol. The van der Waals surface area contributed by atoms with Crippen LogP contribution in [0.3, 0.4) is 0 Å². The maximum absolute atomic E-state index is 14.9. The van der Waals surface area contributed by atoms with Gasteiger partial charge in [0.2, 0.25) is 23.6 Å². The number of aliphatic hydroxyl groups excluding tert-OH is 5. The van der Waals surface area contributed by atoms with Crippen molar-refractivity contribution in [2.45, 2.75) is 310 Å². The summed E-state index contributed by atoms with van der Waals surface area (Å²) in [4.78, 5) is 159. The molecule has 11 N–H and O–H groups in total. The van der Waals surface area contributed by atoms with E-state index in [0.29, 0.717) is 63.7 Å². The zero-order chi connectivity index (χ0) is 99.6. The van der Waals surface area contributed by atoms with E-state index in [1.807, 2.05) is 74.3 Å². The number of benzene rings is 1. The van der Waals surface area contributed by atoms with Crippen molar-refractivity contribution >= 4 is 95.3 Å². The Morgan fingerprint density at radius 3 is 1.48 bits per heavy atom. The number of aromatic nitrogens is 1. The standard InChI is InChI=1S/C57H90N6O16S.C14H27NO6S.C12H22O7.C7H16O4/c1-12-18-49(68)76-34-63(56(72)52(36(6)13-2)61-54(71)45-19-15-16-26-62(45)10)46(35(4)5)29-47(78-39(9)65)55-60-44(33-80-55)53(70)59-41(28-40-22-24-42(66)25-23-40)27-37(7)57(73)77-38(8)30-58-48(67)20-17-21-50(69)75-32-51(74-11)79-43(14-3)31-64;1-3-11(9-16)21-14(19-2)10-20-13(18)6-4-5-12(17)15-7-8-22;1-3-9(7-13)19-12(17-2)8-18-11(16)6-4-5-10(14)15;1-3-6(4-8)11-7(5-9)10-2/h22-25,33,35-38,41,43,45-47,51-52,64,66H,12-21,26-32,34H2,1-11H3,(H,58,67)(H,59,70)(H,61,71);11,14,16,22H,3-10H2,1-2H3,(H,15,17);9,12-13H,3-8H2,1-2H3,(H,14,15);6-9H,3-5H2,1-2H3/t36-,37-,38?,41+,43?,45+,46+,47+,51?,52-;;;/m0.../s1. The predicted molar refractivity (Wildman–Crippen MR) is 488 cm³/mol. The summed E-state index contributed by atoms with van der Waals surface area (Å²) in [6, 6.07) is 3.65. The van der Waals surface area contributed by atoms with E-state index in [-0.39, 0.29) is 201 Å². The van der Waals surface area contributed by atoms with E-state index in [0.717, 1.165) is 36.3 Å². The van der Waals surface area contributed by atoms with E-state index in [2.05, 4.69) is 38.9 Å². The number of aromatic hydroxyl groups is 1. The zero-order valence-electron chi connectivity index (χ0n) is 80.4. The van der Waals surface area contributed by atoms with Crippen LogP contribution in [-0.4, -0.2) is 322 Å². The average Bonchev–Trinajstić information content (AvgIpc) is 1.32. The van der Waals surface area contributed by atoms with Gasteiger partial charge in [0.05, 0.1) is 76.0 Å². The fourth-order valence-corrected chi connectivity index (χ4v) is 13.5. The fourth-order valence-electron chi connectivity index (χ4n) is 12.5. The molecule has 5 amide bonds. The van der Waals surface area contributed by atoms with Gasteiger partial charge in [0.1, 0.15) is 48.4 Å². The number of carboxylic acids is 1. The highest BCUT2D eigenvalue weighted by atomic mass is 32.1. The highest BCUT2D eigenvalue weighted by Crippen LogP contribution is 2.33. The van der Waals surface area contributed by atoms with Crippen LogP contribution < -0.4 is 21.3 Å². The normalized spacial score (nSPS) is 15.9. The summed E-state index contributed by atoms with van der Waals surface area (Å²) in [7, 11) is 7.58. The number of aliphatic hydroxyl groups is 5. The molecular formula is C90H155N7O33S2. The highest BCUT2D eigenvalue weighted by Gasteiger charge is 2.40. The molecule has 0 radical (unpaired) electrons. The van der Waals surface area contributed by atoms with Crippen molar-refractivity contribution < 1.29 is 160 Å². The first kappa shape index (κ1) is 124. The summed E-state index contributed by atoms with van der Waals surface area (Å²) >= 11 is 5.06. The molecule has 1 saturated heterocycles. The lowest BCUT2D eigenvalue weighted by atomic mass is 9.92. The van der Waals surface area contributed by atoms with Crippen LogP contribution in [-0.2, 0) is 125 Å². The molecule has 0 saturated carbocycles. The van der Waals surface area contributed by atoms with Gasteiger partial charge in [-0.15, -0.1) is 11.3 Å². The molecule has 1 aromatic heterocycles. The number of carboxylic acid groups (broad SMARTS) is 1. The van der Waals surface area contributed by atoms with Crippen molar-refractivity contribution in [3.8, 4) is 5.75 Å². The molecule has 9 unspecified atom stereocenters. The minimum absolute atomic E-state index is 0.0000670. The van der Waals surface area contributed by atoms with Crippen LogP contribution in [0.1, 0.15) is 245 Å². The third kappa shape index (κ3) is 55.2. The first-order chi connectivity index (χ1) is 62.9. The number of thiol groups is 1. The van der Waals surface area contributed by atoms with E-state index in [1.165, 1.54) is 57.8 Å². The van der Waals surface area contributed by atoms with Gasteiger partial charge in [-0.05, 0) is 127 Å². The number of piperidine rings is 1. The van der Waals surface area contributed by atoms with Crippen LogP contribution in [0.2, 0.25) is 0 Å². The SMILES string of the molecule is CCC(CO)OC(CO)OC.CCC(CO)OC(COC(=O)CCCC(=O)NCCS)OC.CCC(CO)OC(COC(=O)CCCC(=O)O)OC.CCCC(=O)OCN(C(=O)[C@@H](NC(=O)[C@H]1CCCCN1C)[C@@H](C)CC)[C@H](C[C@@H](OC(C)=O)c1nc(C(=O)N[C@@H](Cc2ccc(O)cc2)C[C@H](C)C(=O)OC(C)CNC(=O)CCCC(=O)OCC(OC)OC(CC)CO)cs1)C(C)C. The van der Waals surface area contributed by atoms with Crippen LogP contribution >= 0.6 is 24.0 Å². The van der Waals surface area contributed by atoms with E-state index in [9.17, 15) is 67.7 Å². The van der Waals surface area contributed by atoms with Gasteiger partial charge in [-0.2, -0.15) is 12.6 Å². The van der Waals surface area contributed by atoms with Crippen molar-refractivity contribution in [3.63, 3.8) is 0 Å². The molecule has 0 spiro atoms. The molecule has 1 aliphatic heterocycles. The van der Waals surface area contributed by atoms with Crippen molar-refractivity contribution in [2.75, 3.05) is 120 Å². The molecule has 1 aromatic carbocycles. The Morgan fingerprint density at radius 1 is 0.583 bits per heavy atom. The van der Waals surface area contributed by atoms with Gasteiger partial charge in [0.15, 0.2) is 38.0 Å². The molecule has 1 fully saturated rings. The van der Waals surface area contributed by atoms with Gasteiger partial charge in [-0.3, -0.25) is 62.4 Å². The number of aliphatic carboxylic acids is 1. The summed E-state index contributed by atoms with van der Waals surface area (Å²) in [6.45, 7) is 21.2. The van der Waals surface area contributed by atoms with Gasteiger partial charge >= 0.3 is 41.8 Å². The van der Waals surface area contributed by atoms with Gasteiger partial charge in [0, 0.05) is 116 Å². The minimum atomic E-state index is -1.06. The number of methoxy groups -OCH3 is 4. The maximum atomic E-state index is 14.9. The molecule has 40 nitrogen and oxygen atoms in total. The maximum Gasteiger partial charge on any atom is 0.309 e. The number of likely N-dealkylation sites (tertiary alicyclic amines) is 1. The summed E-state index contributed by atoms with van der Waals surface area (Å²) in [5, 5.41) is 76.3. The van der Waals surface area contributed by atoms with Crippen molar-refractivity contribution in [1.82, 2.24) is 36.1 Å². The first-order valence-corrected chi connectivity index (χ1v) is 46.9. The number of phenols is 1. The summed E-state index contributed by atoms with van der Waals surface area (Å²) in [5.41, 5.74) is 0.747. The molecule has 1 aliphatic rings. The molecule has 3 rings (SSSR count). The van der Waals surface area contributed by atoms with Gasteiger partial charge < -0.3 is 128 Å². The van der Waals surface area contributed by atoms with Gasteiger partial charge in [-0.25, -0.2) is 4.98 Å². The number of carbonyl (C=O) groups is 12. The van der Waals surface area contributed by atoms with Crippen LogP contribution in [0.5, 0.6) is 5.75 Å². The largest absolute Gasteiger partial charge is 0.508 e. The number of hydrogen-bond donors (Lipinski definition) is 12. The molecule has 0 bridgehead atoms. The molecule has 16 atom stereocenters. The average molecular weight is 1930 g/mol. The number of nitrogens with zero attached hydrogens (tertiary/aromatic N) is 3. The Hall–Kier alpha value is -7.92. The number of hydrogen-bond acceptors (Lipinski definition) is 36. The number of carbonyl (C=O) groups excluding carboxylic acids is 11. The number of nitrogens with one attached hydrogen (secondary N) is 4. The van der Waals surface area contributed by atoms with Gasteiger partial charge in [0.25, 0.3) is 5.91 Å². The third-order valence-corrected chi connectivity index (χ3v) is 21.9. The quantitative estimate of drug-likeness (QED) is 0.0142. The lowest BCUT2D eigenvalue weighted by molar-refractivity contribution is -0.194. The van der Waals surface area contributed by atoms with E-state index in [1.54, 1.807) is 26.0 Å². The molecule has 2 heterocycles. The van der Waals surface area contributed by atoms with Crippen LogP contribution in [0, 0.1) is 17.8 Å². The second-order valence-electron chi connectivity index (χ2n) is 31.8. The second kappa shape index (κ2) is 74.3. The second-order valence-corrected chi connectivity index (χ2v) is 33.2. The zero-order valence-corrected chi connectivity index (χ0v) is 82.1. The highest BCUT2D eigenvalue weighted by molar-refractivity contribution is 7.80. The number of thiazole rings is 1. The van der Waals surface area contributed by atoms with Crippen molar-refractivity contribution in [3.05, 3.63) is 45.9 Å². The summed E-state index contributed by atoms with van der Waals surface area (Å²) in [5.74, 6) is -6.62. The van der Waals surface area contributed by atoms with E-state index < -0.39 is 134 Å². The number of rotatable bonds is 66. The molecule has 42 heteroatoms. The minimum Gasteiger partial charge on any atom is -0.508 e. The Bertz CT molecular complexity index is 3510. The van der Waals surface area contributed by atoms with Crippen LogP contribution in [0.25, 0.3) is 0 Å². The van der Waals surface area contributed by atoms with Crippen molar-refractivity contribution in [1.29, 1.82) is 0 Å². The number of amides is 5. The van der Waals surface area contributed by atoms with E-state index >= 15 is 0 Å². The lowest BCUT2D eigenvalue weighted by Crippen LogP contribution is -2.59. The van der Waals surface area contributed by atoms with Crippen molar-refractivity contribution in [2.24, 2.45) is 17.8 Å². The van der Waals surface area contributed by atoms with Crippen LogP contribution in [0.4, 0.5) is 0 Å². The predicted octanol–water partition coefficient (Wildman–Crippen LogP) is 6.69. The Morgan fingerprint density at radius 2 is 1.06 bits per heavy atom. The third-order valence-electron chi connectivity index (χ3n) is 20.7. The number of ether oxygens (including phenoxy) is 14. The number of likely N-dealkylation sites (N-methyl/N-ethyl adjacent to an activating group) is 1. The molecule has 0 aliphatic carbocycles. The molecular weight excluding hydrogens is 1770 g/mol. The first-order valence-electron chi connectivity index (χ1n) is 45.4.